The minimum Gasteiger partial charge on any atom is -0.326 e. The second kappa shape index (κ2) is 8.61. The molecular formula is C21H25FN2O2. The number of hydrogen-bond donors (Lipinski definition) is 1. The molecule has 0 spiro atoms. The molecule has 0 saturated heterocycles. The molecule has 0 aliphatic rings. The summed E-state index contributed by atoms with van der Waals surface area (Å²) in [4.78, 5) is 25.6. The van der Waals surface area contributed by atoms with Gasteiger partial charge in [-0.2, -0.15) is 0 Å². The topological polar surface area (TPSA) is 49.4 Å². The third kappa shape index (κ3) is 4.69. The van der Waals surface area contributed by atoms with E-state index >= 15 is 0 Å². The number of carbonyl (C=O) groups is 2. The normalized spacial score (nSPS) is 10.7. The molecule has 2 aromatic rings. The molecule has 138 valence electrons. The summed E-state index contributed by atoms with van der Waals surface area (Å²) in [6.45, 7) is 7.57. The van der Waals surface area contributed by atoms with Crippen LogP contribution >= 0.6 is 0 Å². The number of rotatable bonds is 6. The minimum atomic E-state index is -0.482. The highest BCUT2D eigenvalue weighted by Gasteiger charge is 2.18. The Hall–Kier alpha value is -2.69. The average Bonchev–Trinajstić information content (AvgIpc) is 2.58. The number of halogens is 1. The van der Waals surface area contributed by atoms with Crippen molar-refractivity contribution in [1.82, 2.24) is 0 Å². The van der Waals surface area contributed by atoms with Crippen molar-refractivity contribution in [1.29, 1.82) is 0 Å². The van der Waals surface area contributed by atoms with Crippen LogP contribution in [0.5, 0.6) is 0 Å². The molecule has 4 nitrogen and oxygen atoms in total. The van der Waals surface area contributed by atoms with Crippen LogP contribution in [0.4, 0.5) is 15.8 Å². The SMILES string of the molecule is CC(=O)N(CCC(=O)Nc1c(C)cccc1C(C)C)c1ccccc1F. The summed E-state index contributed by atoms with van der Waals surface area (Å²) in [7, 11) is 0. The van der Waals surface area contributed by atoms with Gasteiger partial charge in [-0.1, -0.05) is 44.2 Å². The van der Waals surface area contributed by atoms with E-state index in [1.165, 1.54) is 24.0 Å². The number of para-hydroxylation sites is 2. The fourth-order valence-corrected chi connectivity index (χ4v) is 2.88. The van der Waals surface area contributed by atoms with Crippen LogP contribution in [0.3, 0.4) is 0 Å². The van der Waals surface area contributed by atoms with Crippen LogP contribution in [0.1, 0.15) is 44.2 Å². The summed E-state index contributed by atoms with van der Waals surface area (Å²) < 4.78 is 14.0. The van der Waals surface area contributed by atoms with Crippen molar-refractivity contribution in [2.75, 3.05) is 16.8 Å². The van der Waals surface area contributed by atoms with E-state index in [1.807, 2.05) is 25.1 Å². The molecule has 0 saturated carbocycles. The van der Waals surface area contributed by atoms with Crippen LogP contribution in [0.15, 0.2) is 42.5 Å². The second-order valence-corrected chi connectivity index (χ2v) is 6.61. The van der Waals surface area contributed by atoms with E-state index in [-0.39, 0.29) is 36.4 Å². The molecule has 2 amide bonds. The van der Waals surface area contributed by atoms with Gasteiger partial charge in [-0.05, 0) is 36.1 Å². The number of aryl methyl sites for hydroxylation is 1. The van der Waals surface area contributed by atoms with Gasteiger partial charge in [-0.3, -0.25) is 9.59 Å². The second-order valence-electron chi connectivity index (χ2n) is 6.61. The quantitative estimate of drug-likeness (QED) is 0.820. The van der Waals surface area contributed by atoms with Gasteiger partial charge in [0.1, 0.15) is 5.82 Å². The number of hydrogen-bond acceptors (Lipinski definition) is 2. The van der Waals surface area contributed by atoms with Gasteiger partial charge in [-0.15, -0.1) is 0 Å². The van der Waals surface area contributed by atoms with Gasteiger partial charge >= 0.3 is 0 Å². The summed E-state index contributed by atoms with van der Waals surface area (Å²) in [5.74, 6) is -0.716. The molecule has 0 bridgehead atoms. The van der Waals surface area contributed by atoms with Gasteiger partial charge in [0.15, 0.2) is 0 Å². The Labute approximate surface area is 154 Å². The van der Waals surface area contributed by atoms with E-state index in [0.717, 1.165) is 16.8 Å². The first kappa shape index (κ1) is 19.6. The molecule has 0 aromatic heterocycles. The van der Waals surface area contributed by atoms with Crippen molar-refractivity contribution in [3.63, 3.8) is 0 Å². The van der Waals surface area contributed by atoms with Gasteiger partial charge < -0.3 is 10.2 Å². The van der Waals surface area contributed by atoms with Crippen molar-refractivity contribution >= 4 is 23.2 Å². The summed E-state index contributed by atoms with van der Waals surface area (Å²) >= 11 is 0. The zero-order valence-corrected chi connectivity index (χ0v) is 15.7. The highest BCUT2D eigenvalue weighted by Crippen LogP contribution is 2.27. The Morgan fingerprint density at radius 3 is 2.42 bits per heavy atom. The fourth-order valence-electron chi connectivity index (χ4n) is 2.88. The van der Waals surface area contributed by atoms with Crippen LogP contribution in [-0.2, 0) is 9.59 Å². The number of benzene rings is 2. The lowest BCUT2D eigenvalue weighted by Crippen LogP contribution is -2.32. The molecule has 2 rings (SSSR count). The Balaban J connectivity index is 2.11. The molecule has 0 heterocycles. The molecule has 0 aliphatic heterocycles. The third-order valence-corrected chi connectivity index (χ3v) is 4.28. The van der Waals surface area contributed by atoms with Crippen molar-refractivity contribution in [3.8, 4) is 0 Å². The zero-order valence-electron chi connectivity index (χ0n) is 15.7. The van der Waals surface area contributed by atoms with E-state index in [0.29, 0.717) is 0 Å². The lowest BCUT2D eigenvalue weighted by Gasteiger charge is -2.22. The lowest BCUT2D eigenvalue weighted by atomic mass is 9.98. The maximum atomic E-state index is 14.0. The van der Waals surface area contributed by atoms with Gasteiger partial charge in [0, 0.05) is 25.6 Å². The van der Waals surface area contributed by atoms with E-state index in [9.17, 15) is 14.0 Å². The maximum Gasteiger partial charge on any atom is 0.226 e. The Kier molecular flexibility index (Phi) is 6.50. The van der Waals surface area contributed by atoms with Crippen molar-refractivity contribution in [2.24, 2.45) is 0 Å². The first-order valence-electron chi connectivity index (χ1n) is 8.73. The smallest absolute Gasteiger partial charge is 0.226 e. The molecule has 0 fully saturated rings. The first-order valence-corrected chi connectivity index (χ1v) is 8.73. The monoisotopic (exact) mass is 356 g/mol. The Morgan fingerprint density at radius 2 is 1.81 bits per heavy atom. The van der Waals surface area contributed by atoms with Crippen LogP contribution in [0.2, 0.25) is 0 Å². The standard InChI is InChI=1S/C21H25FN2O2/c1-14(2)17-9-7-8-15(3)21(17)23-20(26)12-13-24(16(4)25)19-11-6-5-10-18(19)22/h5-11,14H,12-13H2,1-4H3,(H,23,26). The number of carbonyl (C=O) groups excluding carboxylic acids is 2. The van der Waals surface area contributed by atoms with E-state index in [4.69, 9.17) is 0 Å². The predicted molar refractivity (Wildman–Crippen MR) is 103 cm³/mol. The van der Waals surface area contributed by atoms with Crippen LogP contribution in [0, 0.1) is 12.7 Å². The summed E-state index contributed by atoms with van der Waals surface area (Å²) in [6.07, 6.45) is 0.0831. The molecule has 1 N–H and O–H groups in total. The number of amides is 2. The number of nitrogens with one attached hydrogen (secondary N) is 1. The van der Waals surface area contributed by atoms with Crippen molar-refractivity contribution < 1.29 is 14.0 Å². The molecule has 26 heavy (non-hydrogen) atoms. The predicted octanol–water partition coefficient (Wildman–Crippen LogP) is 4.64. The maximum absolute atomic E-state index is 14.0. The van der Waals surface area contributed by atoms with Crippen molar-refractivity contribution in [3.05, 3.63) is 59.4 Å². The lowest BCUT2D eigenvalue weighted by molar-refractivity contribution is -0.117. The molecule has 0 atom stereocenters. The zero-order chi connectivity index (χ0) is 19.3. The van der Waals surface area contributed by atoms with Crippen molar-refractivity contribution in [2.45, 2.75) is 40.0 Å². The van der Waals surface area contributed by atoms with Crippen LogP contribution in [-0.4, -0.2) is 18.4 Å². The molecule has 0 unspecified atom stereocenters. The number of anilines is 2. The largest absolute Gasteiger partial charge is 0.326 e. The minimum absolute atomic E-state index is 0.0831. The number of nitrogens with zero attached hydrogens (tertiary/aromatic N) is 1. The van der Waals surface area contributed by atoms with E-state index < -0.39 is 5.82 Å². The van der Waals surface area contributed by atoms with E-state index in [2.05, 4.69) is 19.2 Å². The summed E-state index contributed by atoms with van der Waals surface area (Å²) in [6, 6.07) is 12.0. The molecule has 5 heteroatoms. The molecule has 2 aromatic carbocycles. The Morgan fingerprint density at radius 1 is 1.12 bits per heavy atom. The summed E-state index contributed by atoms with van der Waals surface area (Å²) in [5, 5.41) is 2.95. The molecular weight excluding hydrogens is 331 g/mol. The average molecular weight is 356 g/mol. The Bertz CT molecular complexity index is 802. The third-order valence-electron chi connectivity index (χ3n) is 4.28. The first-order chi connectivity index (χ1) is 12.3. The van der Waals surface area contributed by atoms with Gasteiger partial charge in [0.05, 0.1) is 5.69 Å². The highest BCUT2D eigenvalue weighted by atomic mass is 19.1. The van der Waals surface area contributed by atoms with Gasteiger partial charge in [-0.25, -0.2) is 4.39 Å². The molecule has 0 aliphatic carbocycles. The van der Waals surface area contributed by atoms with Crippen LogP contribution < -0.4 is 10.2 Å². The van der Waals surface area contributed by atoms with E-state index in [1.54, 1.807) is 12.1 Å². The van der Waals surface area contributed by atoms with Gasteiger partial charge in [0.25, 0.3) is 0 Å². The highest BCUT2D eigenvalue weighted by molar-refractivity contribution is 5.95. The fraction of sp³-hybridized carbons (Fsp3) is 0.333. The van der Waals surface area contributed by atoms with Gasteiger partial charge in [0.2, 0.25) is 11.8 Å². The van der Waals surface area contributed by atoms with Crippen LogP contribution in [0.25, 0.3) is 0 Å². The molecule has 0 radical (unpaired) electrons. The summed E-state index contributed by atoms with van der Waals surface area (Å²) in [5.41, 5.74) is 3.05.